The number of benzene rings is 1. The molecule has 0 unspecified atom stereocenters. The molecule has 0 aromatic heterocycles. The average Bonchev–Trinajstić information content (AvgIpc) is 2.58. The quantitative estimate of drug-likeness (QED) is 0.772. The number of hydrogen-bond donors (Lipinski definition) is 1. The normalized spacial score (nSPS) is 20.2. The zero-order valence-corrected chi connectivity index (χ0v) is 9.87. The van der Waals surface area contributed by atoms with Crippen LogP contribution in [-0.2, 0) is 0 Å². The molecule has 5 heteroatoms. The molecule has 5 nitrogen and oxygen atoms in total. The Kier molecular flexibility index (Phi) is 2.65. The first kappa shape index (κ1) is 11.4. The van der Waals surface area contributed by atoms with Gasteiger partial charge >= 0.3 is 0 Å². The predicted octanol–water partition coefficient (Wildman–Crippen LogP) is 0.164. The van der Waals surface area contributed by atoms with Crippen LogP contribution >= 0.6 is 0 Å². The molecule has 0 bridgehead atoms. The number of aliphatic hydroxyl groups excluding tert-OH is 1. The van der Waals surface area contributed by atoms with Crippen molar-refractivity contribution in [2.24, 2.45) is 5.92 Å². The first-order chi connectivity index (χ1) is 8.70. The third-order valence-electron chi connectivity index (χ3n) is 3.51. The largest absolute Gasteiger partial charge is 0.396 e. The van der Waals surface area contributed by atoms with Crippen molar-refractivity contribution in [1.29, 1.82) is 0 Å². The summed E-state index contributed by atoms with van der Waals surface area (Å²) < 4.78 is 0. The number of hydrogen-bond acceptors (Lipinski definition) is 4. The van der Waals surface area contributed by atoms with Gasteiger partial charge in [0.1, 0.15) is 0 Å². The molecule has 0 spiro atoms. The zero-order chi connectivity index (χ0) is 12.7. The highest BCUT2D eigenvalue weighted by atomic mass is 16.3. The molecule has 1 N–H and O–H groups in total. The molecular formula is C13H14N2O3. The molecule has 0 atom stereocenters. The van der Waals surface area contributed by atoms with E-state index in [0.717, 1.165) is 13.1 Å². The van der Waals surface area contributed by atoms with E-state index in [1.165, 1.54) is 4.90 Å². The molecule has 1 aromatic rings. The van der Waals surface area contributed by atoms with Gasteiger partial charge in [-0.3, -0.25) is 19.4 Å². The Labute approximate surface area is 105 Å². The molecule has 1 saturated heterocycles. The molecule has 0 saturated carbocycles. The topological polar surface area (TPSA) is 60.9 Å². The zero-order valence-electron chi connectivity index (χ0n) is 9.87. The second kappa shape index (κ2) is 4.19. The highest BCUT2D eigenvalue weighted by Gasteiger charge is 2.38. The first-order valence-corrected chi connectivity index (χ1v) is 5.99. The molecular weight excluding hydrogens is 232 g/mol. The van der Waals surface area contributed by atoms with Gasteiger partial charge in [-0.2, -0.15) is 0 Å². The fourth-order valence-electron chi connectivity index (χ4n) is 2.48. The molecule has 1 fully saturated rings. The Morgan fingerprint density at radius 2 is 1.67 bits per heavy atom. The lowest BCUT2D eigenvalue weighted by molar-refractivity contribution is 0.0132. The third kappa shape index (κ3) is 1.63. The Hall–Kier alpha value is -1.72. The maximum atomic E-state index is 12.1. The smallest absolute Gasteiger partial charge is 0.262 e. The van der Waals surface area contributed by atoms with E-state index >= 15 is 0 Å². The standard InChI is InChI=1S/C13H14N2O3/c16-7-9-5-14(6-9)8-15-12(17)10-3-1-2-4-11(10)13(15)18/h1-4,9,16H,5-8H2. The van der Waals surface area contributed by atoms with E-state index in [1.807, 2.05) is 4.90 Å². The average molecular weight is 246 g/mol. The fraction of sp³-hybridized carbons (Fsp3) is 0.385. The van der Waals surface area contributed by atoms with Gasteiger partial charge in [0.2, 0.25) is 0 Å². The molecule has 2 aliphatic heterocycles. The molecule has 0 radical (unpaired) electrons. The van der Waals surface area contributed by atoms with Crippen molar-refractivity contribution < 1.29 is 14.7 Å². The summed E-state index contributed by atoms with van der Waals surface area (Å²) in [5.41, 5.74) is 0.975. The number of fused-ring (bicyclic) bond motifs is 1. The molecule has 94 valence electrons. The van der Waals surface area contributed by atoms with Gasteiger partial charge in [-0.05, 0) is 12.1 Å². The van der Waals surface area contributed by atoms with E-state index in [4.69, 9.17) is 5.11 Å². The summed E-state index contributed by atoms with van der Waals surface area (Å²) in [6.07, 6.45) is 0. The van der Waals surface area contributed by atoms with Crippen LogP contribution in [0.2, 0.25) is 0 Å². The Balaban J connectivity index is 1.73. The van der Waals surface area contributed by atoms with Gasteiger partial charge in [-0.25, -0.2) is 0 Å². The van der Waals surface area contributed by atoms with Crippen molar-refractivity contribution >= 4 is 11.8 Å². The van der Waals surface area contributed by atoms with Crippen LogP contribution < -0.4 is 0 Å². The van der Waals surface area contributed by atoms with Crippen LogP contribution in [0.4, 0.5) is 0 Å². The minimum absolute atomic E-state index is 0.165. The maximum Gasteiger partial charge on any atom is 0.262 e. The van der Waals surface area contributed by atoms with Crippen LogP contribution in [0, 0.1) is 5.92 Å². The first-order valence-electron chi connectivity index (χ1n) is 5.99. The summed E-state index contributed by atoms with van der Waals surface area (Å²) in [5.74, 6) is -0.161. The highest BCUT2D eigenvalue weighted by molar-refractivity contribution is 6.21. The molecule has 1 aromatic carbocycles. The number of aliphatic hydroxyl groups is 1. The summed E-state index contributed by atoms with van der Waals surface area (Å²) in [5, 5.41) is 8.94. The van der Waals surface area contributed by atoms with Crippen molar-refractivity contribution in [2.75, 3.05) is 26.4 Å². The van der Waals surface area contributed by atoms with Gasteiger partial charge in [0.05, 0.1) is 17.8 Å². The minimum atomic E-state index is -0.219. The second-order valence-corrected chi connectivity index (χ2v) is 4.81. The van der Waals surface area contributed by atoms with Crippen LogP contribution in [0.5, 0.6) is 0 Å². The Morgan fingerprint density at radius 3 is 2.17 bits per heavy atom. The summed E-state index contributed by atoms with van der Waals surface area (Å²) in [4.78, 5) is 27.4. The summed E-state index contributed by atoms with van der Waals surface area (Å²) >= 11 is 0. The highest BCUT2D eigenvalue weighted by Crippen LogP contribution is 2.24. The van der Waals surface area contributed by atoms with E-state index in [1.54, 1.807) is 24.3 Å². The monoisotopic (exact) mass is 246 g/mol. The number of amides is 2. The van der Waals surface area contributed by atoms with E-state index < -0.39 is 0 Å². The summed E-state index contributed by atoms with van der Waals surface area (Å²) in [6.45, 7) is 1.97. The van der Waals surface area contributed by atoms with Gasteiger partial charge in [-0.1, -0.05) is 12.1 Å². The summed E-state index contributed by atoms with van der Waals surface area (Å²) in [6, 6.07) is 6.89. The second-order valence-electron chi connectivity index (χ2n) is 4.81. The van der Waals surface area contributed by atoms with Crippen molar-refractivity contribution in [3.8, 4) is 0 Å². The number of carbonyl (C=O) groups excluding carboxylic acids is 2. The van der Waals surface area contributed by atoms with Crippen molar-refractivity contribution in [1.82, 2.24) is 9.80 Å². The van der Waals surface area contributed by atoms with Gasteiger partial charge in [0, 0.05) is 25.6 Å². The molecule has 0 aliphatic carbocycles. The Bertz CT molecular complexity index is 474. The van der Waals surface area contributed by atoms with Gasteiger partial charge in [0.15, 0.2) is 0 Å². The fourth-order valence-corrected chi connectivity index (χ4v) is 2.48. The molecule has 2 aliphatic rings. The summed E-state index contributed by atoms with van der Waals surface area (Å²) in [7, 11) is 0. The molecule has 3 rings (SSSR count). The Morgan fingerprint density at radius 1 is 1.11 bits per heavy atom. The van der Waals surface area contributed by atoms with E-state index in [9.17, 15) is 9.59 Å². The van der Waals surface area contributed by atoms with Crippen LogP contribution in [0.3, 0.4) is 0 Å². The minimum Gasteiger partial charge on any atom is -0.396 e. The van der Waals surface area contributed by atoms with Gasteiger partial charge < -0.3 is 5.11 Å². The number of likely N-dealkylation sites (tertiary alicyclic amines) is 1. The van der Waals surface area contributed by atoms with Crippen molar-refractivity contribution in [3.05, 3.63) is 35.4 Å². The van der Waals surface area contributed by atoms with Crippen LogP contribution in [0.15, 0.2) is 24.3 Å². The van der Waals surface area contributed by atoms with E-state index in [0.29, 0.717) is 17.8 Å². The molecule has 2 heterocycles. The van der Waals surface area contributed by atoms with Gasteiger partial charge in [0.25, 0.3) is 11.8 Å². The third-order valence-corrected chi connectivity index (χ3v) is 3.51. The lowest BCUT2D eigenvalue weighted by atomic mass is 10.0. The van der Waals surface area contributed by atoms with Crippen LogP contribution in [-0.4, -0.2) is 53.1 Å². The van der Waals surface area contributed by atoms with Crippen molar-refractivity contribution in [2.45, 2.75) is 0 Å². The number of nitrogens with zero attached hydrogens (tertiary/aromatic N) is 2. The number of imide groups is 1. The maximum absolute atomic E-state index is 12.1. The molecule has 2 amide bonds. The number of rotatable bonds is 3. The lowest BCUT2D eigenvalue weighted by Gasteiger charge is -2.39. The SMILES string of the molecule is O=C1c2ccccc2C(=O)N1CN1CC(CO)C1. The number of carbonyl (C=O) groups is 2. The van der Waals surface area contributed by atoms with Crippen molar-refractivity contribution in [3.63, 3.8) is 0 Å². The molecule has 18 heavy (non-hydrogen) atoms. The predicted molar refractivity (Wildman–Crippen MR) is 64.0 cm³/mol. The van der Waals surface area contributed by atoms with E-state index in [2.05, 4.69) is 0 Å². The lowest BCUT2D eigenvalue weighted by Crippen LogP contribution is -2.53. The van der Waals surface area contributed by atoms with Crippen LogP contribution in [0.25, 0.3) is 0 Å². The van der Waals surface area contributed by atoms with Gasteiger partial charge in [-0.15, -0.1) is 0 Å². The van der Waals surface area contributed by atoms with Crippen LogP contribution in [0.1, 0.15) is 20.7 Å². The van der Waals surface area contributed by atoms with E-state index in [-0.39, 0.29) is 24.3 Å².